The van der Waals surface area contributed by atoms with E-state index in [-0.39, 0.29) is 11.9 Å². The molecule has 2 heterocycles. The third kappa shape index (κ3) is 3.21. The van der Waals surface area contributed by atoms with Gasteiger partial charge in [0.05, 0.1) is 5.54 Å². The first kappa shape index (κ1) is 19.9. The van der Waals surface area contributed by atoms with Crippen LogP contribution in [-0.2, 0) is 10.3 Å². The van der Waals surface area contributed by atoms with E-state index in [9.17, 15) is 4.79 Å². The van der Waals surface area contributed by atoms with E-state index in [4.69, 9.17) is 0 Å². The Morgan fingerprint density at radius 1 is 1.17 bits per heavy atom. The minimum absolute atomic E-state index is 0.199. The largest absolute Gasteiger partial charge is 0.341 e. The van der Waals surface area contributed by atoms with Gasteiger partial charge in [0, 0.05) is 41.4 Å². The fourth-order valence-corrected chi connectivity index (χ4v) is 4.92. The van der Waals surface area contributed by atoms with E-state index in [0.717, 1.165) is 22.4 Å². The molecule has 0 aliphatic carbocycles. The third-order valence-corrected chi connectivity index (χ3v) is 6.50. The highest BCUT2D eigenvalue weighted by Gasteiger charge is 2.45. The molecule has 4 rings (SSSR count). The maximum atomic E-state index is 13.1. The molecule has 0 fully saturated rings. The topological polar surface area (TPSA) is 38.1 Å². The molecule has 5 heteroatoms. The number of benzene rings is 2. The van der Waals surface area contributed by atoms with Crippen molar-refractivity contribution in [3.05, 3.63) is 76.5 Å². The summed E-state index contributed by atoms with van der Waals surface area (Å²) in [6, 6.07) is 17.1. The van der Waals surface area contributed by atoms with Crippen LogP contribution in [0, 0.1) is 0 Å². The zero-order valence-electron chi connectivity index (χ0n) is 17.1. The lowest BCUT2D eigenvalue weighted by atomic mass is 9.79. The molecule has 0 bridgehead atoms. The highest BCUT2D eigenvalue weighted by Crippen LogP contribution is 2.49. The molecule has 0 radical (unpaired) electrons. The van der Waals surface area contributed by atoms with Gasteiger partial charge in [-0.05, 0) is 50.5 Å². The van der Waals surface area contributed by atoms with Gasteiger partial charge in [-0.1, -0.05) is 52.3 Å². The summed E-state index contributed by atoms with van der Waals surface area (Å²) in [4.78, 5) is 19.6. The van der Waals surface area contributed by atoms with E-state index in [1.54, 1.807) is 0 Å². The Kier molecular flexibility index (Phi) is 5.34. The summed E-state index contributed by atoms with van der Waals surface area (Å²) in [6.07, 6.45) is 5.07. The average molecular weight is 452 g/mol. The Balaban J connectivity index is 1.83. The number of imidazole rings is 1. The molecular formula is C24H26BrN3O. The van der Waals surface area contributed by atoms with Crippen molar-refractivity contribution < 1.29 is 4.79 Å². The van der Waals surface area contributed by atoms with Crippen LogP contribution in [0.25, 0.3) is 11.4 Å². The molecule has 0 N–H and O–H groups in total. The van der Waals surface area contributed by atoms with Crippen LogP contribution < -0.4 is 0 Å². The molecule has 3 aromatic rings. The lowest BCUT2D eigenvalue weighted by Gasteiger charge is -2.35. The van der Waals surface area contributed by atoms with Crippen molar-refractivity contribution in [3.63, 3.8) is 0 Å². The molecule has 0 saturated heterocycles. The number of hydrogen-bond donors (Lipinski definition) is 0. The van der Waals surface area contributed by atoms with Crippen LogP contribution in [0.1, 0.15) is 44.7 Å². The number of aromatic nitrogens is 2. The van der Waals surface area contributed by atoms with E-state index in [1.165, 1.54) is 11.1 Å². The van der Waals surface area contributed by atoms with Crippen molar-refractivity contribution in [2.75, 3.05) is 6.54 Å². The van der Waals surface area contributed by atoms with Gasteiger partial charge in [-0.3, -0.25) is 4.79 Å². The zero-order valence-corrected chi connectivity index (χ0v) is 18.7. The molecule has 1 aromatic heterocycles. The van der Waals surface area contributed by atoms with Gasteiger partial charge in [-0.25, -0.2) is 4.98 Å². The normalized spacial score (nSPS) is 17.3. The molecular weight excluding hydrogens is 426 g/mol. The minimum atomic E-state index is -0.435. The first-order chi connectivity index (χ1) is 14.0. The van der Waals surface area contributed by atoms with Gasteiger partial charge in [0.2, 0.25) is 5.91 Å². The smallest absolute Gasteiger partial charge is 0.222 e. The van der Waals surface area contributed by atoms with E-state index in [0.29, 0.717) is 12.8 Å². The Labute approximate surface area is 180 Å². The SMILES string of the molecule is CCN(C(=O)CCC1(c2ccc(Br)cc2)c2ccccc2-c2nccn21)C(C)C. The van der Waals surface area contributed by atoms with Crippen molar-refractivity contribution in [2.45, 2.75) is 45.2 Å². The molecule has 0 saturated carbocycles. The second kappa shape index (κ2) is 7.79. The molecule has 1 amide bonds. The molecule has 1 atom stereocenters. The maximum absolute atomic E-state index is 13.1. The first-order valence-electron chi connectivity index (χ1n) is 10.2. The summed E-state index contributed by atoms with van der Waals surface area (Å²) < 4.78 is 3.29. The lowest BCUT2D eigenvalue weighted by molar-refractivity contribution is -0.133. The fraction of sp³-hybridized carbons (Fsp3) is 0.333. The number of nitrogens with zero attached hydrogens (tertiary/aromatic N) is 3. The number of carbonyl (C=O) groups is 1. The van der Waals surface area contributed by atoms with Crippen LogP contribution in [0.4, 0.5) is 0 Å². The number of fused-ring (bicyclic) bond motifs is 3. The fourth-order valence-electron chi connectivity index (χ4n) is 4.66. The number of hydrogen-bond acceptors (Lipinski definition) is 2. The minimum Gasteiger partial charge on any atom is -0.341 e. The van der Waals surface area contributed by atoms with E-state index >= 15 is 0 Å². The lowest BCUT2D eigenvalue weighted by Crippen LogP contribution is -2.39. The van der Waals surface area contributed by atoms with Crippen LogP contribution in [0.5, 0.6) is 0 Å². The van der Waals surface area contributed by atoms with Gasteiger partial charge in [-0.15, -0.1) is 0 Å². The Morgan fingerprint density at radius 3 is 2.59 bits per heavy atom. The second-order valence-electron chi connectivity index (χ2n) is 7.81. The van der Waals surface area contributed by atoms with Crippen molar-refractivity contribution in [2.24, 2.45) is 0 Å². The summed E-state index contributed by atoms with van der Waals surface area (Å²) >= 11 is 3.55. The van der Waals surface area contributed by atoms with Gasteiger partial charge in [0.25, 0.3) is 0 Å². The molecule has 2 aromatic carbocycles. The highest BCUT2D eigenvalue weighted by molar-refractivity contribution is 9.10. The Bertz CT molecular complexity index is 1020. The third-order valence-electron chi connectivity index (χ3n) is 5.97. The molecule has 29 heavy (non-hydrogen) atoms. The van der Waals surface area contributed by atoms with E-state index in [1.807, 2.05) is 24.2 Å². The van der Waals surface area contributed by atoms with Crippen LogP contribution >= 0.6 is 15.9 Å². The van der Waals surface area contributed by atoms with Crippen LogP contribution in [0.2, 0.25) is 0 Å². The monoisotopic (exact) mass is 451 g/mol. The van der Waals surface area contributed by atoms with E-state index in [2.05, 4.69) is 87.9 Å². The van der Waals surface area contributed by atoms with Gasteiger partial charge in [-0.2, -0.15) is 0 Å². The quantitative estimate of drug-likeness (QED) is 0.499. The Morgan fingerprint density at radius 2 is 1.90 bits per heavy atom. The molecule has 1 aliphatic heterocycles. The van der Waals surface area contributed by atoms with Crippen molar-refractivity contribution >= 4 is 21.8 Å². The van der Waals surface area contributed by atoms with Gasteiger partial charge >= 0.3 is 0 Å². The van der Waals surface area contributed by atoms with Crippen LogP contribution in [-0.4, -0.2) is 32.9 Å². The standard InChI is InChI=1S/C24H26BrN3O/c1-4-27(17(2)3)22(29)13-14-24(18-9-11-19(25)12-10-18)21-8-6-5-7-20(21)23-26-15-16-28(23)24/h5-12,15-17H,4,13-14H2,1-3H3. The van der Waals surface area contributed by atoms with Crippen molar-refractivity contribution in [1.29, 1.82) is 0 Å². The molecule has 1 aliphatic rings. The molecule has 4 nitrogen and oxygen atoms in total. The predicted molar refractivity (Wildman–Crippen MR) is 120 cm³/mol. The summed E-state index contributed by atoms with van der Waals surface area (Å²) in [5.41, 5.74) is 3.09. The van der Waals surface area contributed by atoms with Crippen LogP contribution in [0.3, 0.4) is 0 Å². The van der Waals surface area contributed by atoms with Gasteiger partial charge in [0.1, 0.15) is 5.82 Å². The summed E-state index contributed by atoms with van der Waals surface area (Å²) in [5, 5.41) is 0. The first-order valence-corrected chi connectivity index (χ1v) is 11.0. The number of halogens is 1. The van der Waals surface area contributed by atoms with Crippen LogP contribution in [0.15, 0.2) is 65.4 Å². The number of amides is 1. The summed E-state index contributed by atoms with van der Waals surface area (Å²) in [6.45, 7) is 6.92. The summed E-state index contributed by atoms with van der Waals surface area (Å²) in [7, 11) is 0. The van der Waals surface area contributed by atoms with Gasteiger partial charge in [0.15, 0.2) is 0 Å². The van der Waals surface area contributed by atoms with E-state index < -0.39 is 5.54 Å². The average Bonchev–Trinajstić information content (AvgIpc) is 3.29. The number of carbonyl (C=O) groups excluding carboxylic acids is 1. The molecule has 1 unspecified atom stereocenters. The second-order valence-corrected chi connectivity index (χ2v) is 8.72. The van der Waals surface area contributed by atoms with Crippen molar-refractivity contribution in [3.8, 4) is 11.4 Å². The highest BCUT2D eigenvalue weighted by atomic mass is 79.9. The zero-order chi connectivity index (χ0) is 20.6. The van der Waals surface area contributed by atoms with Gasteiger partial charge < -0.3 is 9.47 Å². The Hall–Kier alpha value is -2.40. The number of rotatable bonds is 6. The van der Waals surface area contributed by atoms with Crippen molar-refractivity contribution in [1.82, 2.24) is 14.5 Å². The molecule has 150 valence electrons. The molecule has 0 spiro atoms. The summed E-state index contributed by atoms with van der Waals surface area (Å²) in [5.74, 6) is 1.16. The maximum Gasteiger partial charge on any atom is 0.222 e. The predicted octanol–water partition coefficient (Wildman–Crippen LogP) is 5.46.